The Morgan fingerprint density at radius 3 is 2.82 bits per heavy atom. The van der Waals surface area contributed by atoms with Gasteiger partial charge in [-0.15, -0.1) is 0 Å². The summed E-state index contributed by atoms with van der Waals surface area (Å²) in [6.07, 6.45) is 0. The van der Waals surface area contributed by atoms with Crippen LogP contribution < -0.4 is 4.74 Å². The van der Waals surface area contributed by atoms with Crippen molar-refractivity contribution in [2.45, 2.75) is 0 Å². The van der Waals surface area contributed by atoms with Crippen LogP contribution in [0.4, 0.5) is 4.39 Å². The van der Waals surface area contributed by atoms with Crippen molar-refractivity contribution in [2.75, 3.05) is 0 Å². The van der Waals surface area contributed by atoms with E-state index in [0.29, 0.717) is 5.75 Å². The molecule has 0 atom stereocenters. The van der Waals surface area contributed by atoms with E-state index in [1.807, 2.05) is 0 Å². The minimum Gasteiger partial charge on any atom is -0.436 e. The number of rotatable bonds is 1. The van der Waals surface area contributed by atoms with Crippen molar-refractivity contribution < 1.29 is 9.13 Å². The fourth-order valence-electron chi connectivity index (χ4n) is 0.623. The predicted molar refractivity (Wildman–Crippen MR) is 45.5 cm³/mol. The van der Waals surface area contributed by atoms with Gasteiger partial charge in [0.15, 0.2) is 0 Å². The van der Waals surface area contributed by atoms with Crippen LogP contribution in [0.25, 0.3) is 0 Å². The topological polar surface area (TPSA) is 9.23 Å². The van der Waals surface area contributed by atoms with E-state index in [4.69, 9.17) is 16.3 Å². The summed E-state index contributed by atoms with van der Waals surface area (Å²) in [6, 6.07) is 5.59. The third-order valence-corrected chi connectivity index (χ3v) is 1.15. The molecule has 1 aromatic rings. The van der Waals surface area contributed by atoms with Gasteiger partial charge in [-0.25, -0.2) is 4.39 Å². The highest BCUT2D eigenvalue weighted by Gasteiger charge is 1.96. The Hall–Kier alpha value is -0.670. The fraction of sp³-hybridized carbons (Fsp3) is 0. The summed E-state index contributed by atoms with van der Waals surface area (Å²) in [7, 11) is 0. The molecular weight excluding hydrogens is 187 g/mol. The summed E-state index contributed by atoms with van der Waals surface area (Å²) < 4.78 is 17.1. The number of benzene rings is 1. The summed E-state index contributed by atoms with van der Waals surface area (Å²) in [6.45, 7) is 0. The van der Waals surface area contributed by atoms with Gasteiger partial charge in [0.05, 0.1) is 0 Å². The Morgan fingerprint density at radius 1 is 1.55 bits per heavy atom. The van der Waals surface area contributed by atoms with Crippen molar-refractivity contribution in [1.82, 2.24) is 0 Å². The molecule has 0 aliphatic carbocycles. The van der Waals surface area contributed by atoms with E-state index in [-0.39, 0.29) is 10.3 Å². The lowest BCUT2D eigenvalue weighted by molar-refractivity contribution is 0.560. The maximum Gasteiger partial charge on any atom is 0.260 e. The second-order valence-corrected chi connectivity index (χ2v) is 2.74. The highest BCUT2D eigenvalue weighted by molar-refractivity contribution is 7.82. The second-order valence-electron chi connectivity index (χ2n) is 1.80. The van der Waals surface area contributed by atoms with E-state index in [0.717, 1.165) is 0 Å². The van der Waals surface area contributed by atoms with E-state index in [1.54, 1.807) is 6.07 Å². The van der Waals surface area contributed by atoms with Crippen LogP contribution >= 0.6 is 23.8 Å². The summed E-state index contributed by atoms with van der Waals surface area (Å²) >= 11 is 9.69. The average Bonchev–Trinajstić information content (AvgIpc) is 1.85. The molecule has 1 nitrogen and oxygen atoms in total. The molecule has 0 unspecified atom stereocenters. The summed E-state index contributed by atoms with van der Waals surface area (Å²) in [5, 5.41) is 0. The predicted octanol–water partition coefficient (Wildman–Crippen LogP) is 2.73. The molecule has 0 saturated carbocycles. The van der Waals surface area contributed by atoms with E-state index in [2.05, 4.69) is 12.2 Å². The zero-order valence-electron chi connectivity index (χ0n) is 5.38. The summed E-state index contributed by atoms with van der Waals surface area (Å²) in [5.74, 6) is -0.0691. The molecule has 0 saturated heterocycles. The molecule has 0 aliphatic rings. The zero-order chi connectivity index (χ0) is 8.27. The number of halogens is 2. The van der Waals surface area contributed by atoms with Crippen molar-refractivity contribution in [3.05, 3.63) is 30.1 Å². The first-order valence-corrected chi connectivity index (χ1v) is 3.60. The van der Waals surface area contributed by atoms with Gasteiger partial charge in [0.1, 0.15) is 11.6 Å². The number of hydrogen-bond donors (Lipinski definition) is 0. The number of hydrogen-bond acceptors (Lipinski definition) is 2. The van der Waals surface area contributed by atoms with Gasteiger partial charge in [-0.05, 0) is 36.0 Å². The molecule has 1 aromatic carbocycles. The molecule has 0 heterocycles. The lowest BCUT2D eigenvalue weighted by atomic mass is 10.3. The van der Waals surface area contributed by atoms with Gasteiger partial charge in [0.25, 0.3) is 4.51 Å². The van der Waals surface area contributed by atoms with Gasteiger partial charge in [0.2, 0.25) is 0 Å². The zero-order valence-corrected chi connectivity index (χ0v) is 6.95. The Kier molecular flexibility index (Phi) is 2.79. The van der Waals surface area contributed by atoms with Crippen molar-refractivity contribution >= 4 is 28.3 Å². The number of thiocarbonyl (C=S) groups is 1. The maximum absolute atomic E-state index is 12.5. The fourth-order valence-corrected chi connectivity index (χ4v) is 0.808. The van der Waals surface area contributed by atoms with Crippen LogP contribution in [0.15, 0.2) is 24.3 Å². The molecule has 0 bridgehead atoms. The quantitative estimate of drug-likeness (QED) is 0.498. The van der Waals surface area contributed by atoms with Crippen LogP contribution in [0.5, 0.6) is 5.75 Å². The van der Waals surface area contributed by atoms with Crippen molar-refractivity contribution in [3.63, 3.8) is 0 Å². The van der Waals surface area contributed by atoms with E-state index in [9.17, 15) is 4.39 Å². The van der Waals surface area contributed by atoms with Gasteiger partial charge in [0, 0.05) is 6.07 Å². The monoisotopic (exact) mass is 190 g/mol. The molecular formula is C7H4ClFOS. The van der Waals surface area contributed by atoms with Crippen LogP contribution in [0.3, 0.4) is 0 Å². The first-order valence-electron chi connectivity index (χ1n) is 2.81. The average molecular weight is 191 g/mol. The second kappa shape index (κ2) is 3.64. The molecule has 4 heteroatoms. The molecule has 0 N–H and O–H groups in total. The molecule has 0 spiro atoms. The highest BCUT2D eigenvalue weighted by Crippen LogP contribution is 2.12. The molecule has 0 fully saturated rings. The third-order valence-electron chi connectivity index (χ3n) is 0.994. The van der Waals surface area contributed by atoms with Gasteiger partial charge in [-0.3, -0.25) is 0 Å². The van der Waals surface area contributed by atoms with Crippen LogP contribution in [-0.2, 0) is 0 Å². The lowest BCUT2D eigenvalue weighted by Gasteiger charge is -1.99. The van der Waals surface area contributed by atoms with Gasteiger partial charge < -0.3 is 4.74 Å². The minimum absolute atomic E-state index is 0.143. The molecule has 0 radical (unpaired) electrons. The van der Waals surface area contributed by atoms with E-state index >= 15 is 0 Å². The Balaban J connectivity index is 2.79. The first-order chi connectivity index (χ1) is 5.18. The van der Waals surface area contributed by atoms with Crippen LogP contribution in [-0.4, -0.2) is 4.51 Å². The van der Waals surface area contributed by atoms with Gasteiger partial charge >= 0.3 is 0 Å². The Morgan fingerprint density at radius 2 is 2.27 bits per heavy atom. The largest absolute Gasteiger partial charge is 0.436 e. The van der Waals surface area contributed by atoms with Gasteiger partial charge in [-0.2, -0.15) is 0 Å². The third kappa shape index (κ3) is 2.82. The van der Waals surface area contributed by atoms with Crippen LogP contribution in [0.1, 0.15) is 0 Å². The molecule has 0 aliphatic heterocycles. The first kappa shape index (κ1) is 8.43. The highest BCUT2D eigenvalue weighted by atomic mass is 35.5. The van der Waals surface area contributed by atoms with Gasteiger partial charge in [-0.1, -0.05) is 6.07 Å². The minimum atomic E-state index is -0.379. The molecule has 0 aromatic heterocycles. The summed E-state index contributed by atoms with van der Waals surface area (Å²) in [4.78, 5) is 0. The maximum atomic E-state index is 12.5. The number of ether oxygens (including phenoxy) is 1. The Labute approximate surface area is 73.7 Å². The SMILES string of the molecule is Fc1cccc(OC(=S)Cl)c1. The van der Waals surface area contributed by atoms with E-state index in [1.165, 1.54) is 18.2 Å². The molecule has 1 rings (SSSR count). The van der Waals surface area contributed by atoms with Crippen molar-refractivity contribution in [2.24, 2.45) is 0 Å². The molecule has 58 valence electrons. The normalized spacial score (nSPS) is 9.27. The molecule has 11 heavy (non-hydrogen) atoms. The van der Waals surface area contributed by atoms with Crippen molar-refractivity contribution in [3.8, 4) is 5.75 Å². The lowest BCUT2D eigenvalue weighted by Crippen LogP contribution is -1.95. The van der Waals surface area contributed by atoms with Crippen molar-refractivity contribution in [1.29, 1.82) is 0 Å². The standard InChI is InChI=1S/C7H4ClFOS/c8-7(11)10-6-3-1-2-5(9)4-6/h1-4H. The van der Waals surface area contributed by atoms with Crippen LogP contribution in [0.2, 0.25) is 0 Å². The Bertz CT molecular complexity index is 277. The molecule has 0 amide bonds. The smallest absolute Gasteiger partial charge is 0.260 e. The summed E-state index contributed by atoms with van der Waals surface area (Å²) in [5.41, 5.74) is 0. The van der Waals surface area contributed by atoms with Crippen LogP contribution in [0, 0.1) is 5.82 Å². The van der Waals surface area contributed by atoms with E-state index < -0.39 is 0 Å².